The second-order valence-electron chi connectivity index (χ2n) is 4.46. The van der Waals surface area contributed by atoms with Crippen LogP contribution in [0.1, 0.15) is 18.7 Å². The Hall–Kier alpha value is -1.50. The summed E-state index contributed by atoms with van der Waals surface area (Å²) in [7, 11) is 1.79. The van der Waals surface area contributed by atoms with Crippen LogP contribution in [0, 0.1) is 5.82 Å². The van der Waals surface area contributed by atoms with Gasteiger partial charge in [-0.25, -0.2) is 4.39 Å². The number of halogens is 2. The van der Waals surface area contributed by atoms with Crippen LogP contribution in [0.25, 0.3) is 11.4 Å². The number of nitrogens with zero attached hydrogens (tertiary/aromatic N) is 2. The molecule has 1 aliphatic heterocycles. The van der Waals surface area contributed by atoms with E-state index in [0.717, 1.165) is 12.8 Å². The van der Waals surface area contributed by atoms with E-state index in [0.29, 0.717) is 23.9 Å². The highest BCUT2D eigenvalue weighted by atomic mass is 35.5. The number of rotatable bonds is 3. The summed E-state index contributed by atoms with van der Waals surface area (Å²) in [6, 6.07) is 6.09. The van der Waals surface area contributed by atoms with Crippen LogP contribution in [0.5, 0.6) is 0 Å². The lowest BCUT2D eigenvalue weighted by molar-refractivity contribution is -0.0477. The molecule has 1 aliphatic rings. The van der Waals surface area contributed by atoms with Crippen molar-refractivity contribution >= 4 is 12.4 Å². The van der Waals surface area contributed by atoms with Crippen LogP contribution in [-0.4, -0.2) is 23.8 Å². The summed E-state index contributed by atoms with van der Waals surface area (Å²) >= 11 is 0. The lowest BCUT2D eigenvalue weighted by Gasteiger charge is -2.22. The Morgan fingerprint density at radius 2 is 2.25 bits per heavy atom. The highest BCUT2D eigenvalue weighted by Gasteiger charge is 2.41. The molecule has 7 heteroatoms. The molecular weight excluding hydrogens is 285 g/mol. The molecule has 1 unspecified atom stereocenters. The third-order valence-electron chi connectivity index (χ3n) is 3.28. The molecule has 3 rings (SSSR count). The van der Waals surface area contributed by atoms with Gasteiger partial charge in [0.15, 0.2) is 5.72 Å². The summed E-state index contributed by atoms with van der Waals surface area (Å²) < 4.78 is 24.1. The highest BCUT2D eigenvalue weighted by Crippen LogP contribution is 2.33. The maximum atomic E-state index is 13.2. The Morgan fingerprint density at radius 1 is 1.40 bits per heavy atom. The van der Waals surface area contributed by atoms with Gasteiger partial charge in [-0.1, -0.05) is 17.3 Å². The molecule has 1 N–H and O–H groups in total. The summed E-state index contributed by atoms with van der Waals surface area (Å²) in [5.74, 6) is 0.413. The van der Waals surface area contributed by atoms with Crippen molar-refractivity contribution < 1.29 is 13.7 Å². The third kappa shape index (κ3) is 2.54. The first-order valence-electron chi connectivity index (χ1n) is 6.16. The van der Waals surface area contributed by atoms with Crippen LogP contribution in [0.15, 0.2) is 28.8 Å². The SMILES string of the molecule is CNC1(c2nc(-c3cccc(F)c3)no2)CCCO1.Cl. The van der Waals surface area contributed by atoms with Gasteiger partial charge in [0.2, 0.25) is 5.82 Å². The first-order chi connectivity index (χ1) is 9.23. The van der Waals surface area contributed by atoms with Gasteiger partial charge in [-0.15, -0.1) is 12.4 Å². The molecule has 0 spiro atoms. The predicted molar refractivity (Wildman–Crippen MR) is 72.9 cm³/mol. The topological polar surface area (TPSA) is 60.2 Å². The fourth-order valence-corrected chi connectivity index (χ4v) is 2.24. The maximum absolute atomic E-state index is 13.2. The van der Waals surface area contributed by atoms with E-state index in [9.17, 15) is 4.39 Å². The zero-order valence-corrected chi connectivity index (χ0v) is 11.7. The molecule has 0 aliphatic carbocycles. The molecule has 0 saturated carbocycles. The largest absolute Gasteiger partial charge is 0.351 e. The minimum Gasteiger partial charge on any atom is -0.351 e. The zero-order chi connectivity index (χ0) is 13.3. The van der Waals surface area contributed by atoms with E-state index in [1.54, 1.807) is 19.2 Å². The van der Waals surface area contributed by atoms with Crippen molar-refractivity contribution in [1.82, 2.24) is 15.5 Å². The molecule has 108 valence electrons. The lowest BCUT2D eigenvalue weighted by atomic mass is 10.1. The van der Waals surface area contributed by atoms with Gasteiger partial charge in [0.05, 0.1) is 0 Å². The van der Waals surface area contributed by atoms with Gasteiger partial charge in [-0.2, -0.15) is 4.98 Å². The van der Waals surface area contributed by atoms with Crippen molar-refractivity contribution in [2.75, 3.05) is 13.7 Å². The number of aromatic nitrogens is 2. The van der Waals surface area contributed by atoms with Crippen molar-refractivity contribution in [1.29, 1.82) is 0 Å². The van der Waals surface area contributed by atoms with Gasteiger partial charge in [0, 0.05) is 18.6 Å². The normalized spacial score (nSPS) is 21.7. The van der Waals surface area contributed by atoms with Crippen molar-refractivity contribution in [3.63, 3.8) is 0 Å². The van der Waals surface area contributed by atoms with Gasteiger partial charge < -0.3 is 9.26 Å². The maximum Gasteiger partial charge on any atom is 0.274 e. The van der Waals surface area contributed by atoms with Crippen LogP contribution in [-0.2, 0) is 10.5 Å². The van der Waals surface area contributed by atoms with Crippen molar-refractivity contribution in [3.05, 3.63) is 36.0 Å². The van der Waals surface area contributed by atoms with E-state index >= 15 is 0 Å². The van der Waals surface area contributed by atoms with Crippen molar-refractivity contribution in [2.24, 2.45) is 0 Å². The average Bonchev–Trinajstić information content (AvgIpc) is 3.08. The molecule has 1 saturated heterocycles. The summed E-state index contributed by atoms with van der Waals surface area (Å²) in [5, 5.41) is 6.97. The van der Waals surface area contributed by atoms with Gasteiger partial charge in [0.1, 0.15) is 5.82 Å². The smallest absolute Gasteiger partial charge is 0.274 e. The van der Waals surface area contributed by atoms with E-state index in [1.807, 2.05) is 0 Å². The highest BCUT2D eigenvalue weighted by molar-refractivity contribution is 5.85. The summed E-state index contributed by atoms with van der Waals surface area (Å²) in [5.41, 5.74) is -0.127. The third-order valence-corrected chi connectivity index (χ3v) is 3.28. The predicted octanol–water partition coefficient (Wildman–Crippen LogP) is 2.48. The molecule has 20 heavy (non-hydrogen) atoms. The molecule has 2 heterocycles. The zero-order valence-electron chi connectivity index (χ0n) is 10.9. The fraction of sp³-hybridized carbons (Fsp3) is 0.385. The molecule has 5 nitrogen and oxygen atoms in total. The van der Waals surface area contributed by atoms with E-state index in [-0.39, 0.29) is 18.2 Å². The van der Waals surface area contributed by atoms with E-state index in [1.165, 1.54) is 12.1 Å². The van der Waals surface area contributed by atoms with Crippen molar-refractivity contribution in [2.45, 2.75) is 18.6 Å². The molecule has 0 bridgehead atoms. The minimum atomic E-state index is -0.710. The van der Waals surface area contributed by atoms with Crippen molar-refractivity contribution in [3.8, 4) is 11.4 Å². The summed E-state index contributed by atoms with van der Waals surface area (Å²) in [6.07, 6.45) is 1.70. The number of hydrogen-bond acceptors (Lipinski definition) is 5. The molecule has 0 radical (unpaired) electrons. The fourth-order valence-electron chi connectivity index (χ4n) is 2.24. The van der Waals surface area contributed by atoms with E-state index in [2.05, 4.69) is 15.5 Å². The monoisotopic (exact) mass is 299 g/mol. The van der Waals surface area contributed by atoms with Gasteiger partial charge >= 0.3 is 0 Å². The van der Waals surface area contributed by atoms with Crippen LogP contribution in [0.3, 0.4) is 0 Å². The first-order valence-corrected chi connectivity index (χ1v) is 6.16. The second kappa shape index (κ2) is 5.87. The van der Waals surface area contributed by atoms with E-state index in [4.69, 9.17) is 9.26 Å². The minimum absolute atomic E-state index is 0. The second-order valence-corrected chi connectivity index (χ2v) is 4.46. The van der Waals surface area contributed by atoms with E-state index < -0.39 is 5.72 Å². The molecular formula is C13H15ClFN3O2. The molecule has 1 atom stereocenters. The van der Waals surface area contributed by atoms with Crippen LogP contribution < -0.4 is 5.32 Å². The van der Waals surface area contributed by atoms with Crippen LogP contribution in [0.2, 0.25) is 0 Å². The molecule has 0 amide bonds. The summed E-state index contributed by atoms with van der Waals surface area (Å²) in [4.78, 5) is 4.31. The Morgan fingerprint density at radius 3 is 2.90 bits per heavy atom. The Balaban J connectivity index is 0.00000147. The Labute approximate surface area is 121 Å². The molecule has 1 fully saturated rings. The first kappa shape index (κ1) is 14.9. The number of nitrogens with one attached hydrogen (secondary N) is 1. The Kier molecular flexibility index (Phi) is 4.37. The molecule has 2 aromatic rings. The summed E-state index contributed by atoms with van der Waals surface area (Å²) in [6.45, 7) is 0.651. The van der Waals surface area contributed by atoms with Crippen LogP contribution >= 0.6 is 12.4 Å². The van der Waals surface area contributed by atoms with Gasteiger partial charge in [-0.3, -0.25) is 5.32 Å². The van der Waals surface area contributed by atoms with Gasteiger partial charge in [-0.05, 0) is 25.6 Å². The number of benzene rings is 1. The van der Waals surface area contributed by atoms with Crippen LogP contribution in [0.4, 0.5) is 4.39 Å². The van der Waals surface area contributed by atoms with Gasteiger partial charge in [0.25, 0.3) is 5.89 Å². The quantitative estimate of drug-likeness (QED) is 0.943. The Bertz CT molecular complexity index is 585. The molecule has 1 aromatic heterocycles. The average molecular weight is 300 g/mol. The standard InChI is InChI=1S/C13H14FN3O2.ClH/c1-15-13(6-3-7-18-13)12-16-11(17-19-12)9-4-2-5-10(14)8-9;/h2,4-5,8,15H,3,6-7H2,1H3;1H. The number of ether oxygens (including phenoxy) is 1. The molecule has 1 aromatic carbocycles. The lowest BCUT2D eigenvalue weighted by Crippen LogP contribution is -2.39. The number of hydrogen-bond donors (Lipinski definition) is 1.